The lowest BCUT2D eigenvalue weighted by atomic mass is 9.98. The maximum Gasteiger partial charge on any atom is 0.217 e. The van der Waals surface area contributed by atoms with E-state index in [4.69, 9.17) is 9.73 Å². The second kappa shape index (κ2) is 5.13. The molecule has 0 saturated heterocycles. The number of hydrogen-bond acceptors (Lipinski definition) is 3. The van der Waals surface area contributed by atoms with Crippen LogP contribution in [0.1, 0.15) is 25.8 Å². The molecule has 1 heterocycles. The van der Waals surface area contributed by atoms with Gasteiger partial charge in [0, 0.05) is 5.56 Å². The summed E-state index contributed by atoms with van der Waals surface area (Å²) in [5, 5.41) is 0. The molecule has 1 aromatic carbocycles. The molecule has 0 aliphatic carbocycles. The van der Waals surface area contributed by atoms with Crippen LogP contribution in [0, 0.1) is 0 Å². The van der Waals surface area contributed by atoms with Crippen molar-refractivity contribution < 1.29 is 4.74 Å². The van der Waals surface area contributed by atoms with Gasteiger partial charge in [-0.15, -0.1) is 0 Å². The Balaban J connectivity index is 2.16. The van der Waals surface area contributed by atoms with Crippen molar-refractivity contribution in [2.24, 2.45) is 4.99 Å². The smallest absolute Gasteiger partial charge is 0.217 e. The fraction of sp³-hybridized carbons (Fsp3) is 0.500. The van der Waals surface area contributed by atoms with Crippen LogP contribution in [0.2, 0.25) is 0 Å². The number of hydrogen-bond donors (Lipinski definition) is 0. The van der Waals surface area contributed by atoms with Gasteiger partial charge in [0.15, 0.2) is 0 Å². The highest BCUT2D eigenvalue weighted by atomic mass is 32.2. The van der Waals surface area contributed by atoms with Crippen molar-refractivity contribution >= 4 is 17.7 Å². The normalized spacial score (nSPS) is 22.1. The van der Waals surface area contributed by atoms with Crippen LogP contribution in [0.5, 0.6) is 0 Å². The van der Waals surface area contributed by atoms with Gasteiger partial charge in [0.05, 0.1) is 6.04 Å². The Morgan fingerprint density at radius 2 is 2.00 bits per heavy atom. The first kappa shape index (κ1) is 12.5. The lowest BCUT2D eigenvalue weighted by Gasteiger charge is -2.24. The zero-order valence-electron chi connectivity index (χ0n) is 10.6. The van der Waals surface area contributed by atoms with Crippen molar-refractivity contribution in [3.8, 4) is 0 Å². The molecule has 92 valence electrons. The quantitative estimate of drug-likeness (QED) is 0.816. The van der Waals surface area contributed by atoms with Gasteiger partial charge >= 0.3 is 0 Å². The molecule has 2 nitrogen and oxygen atoms in total. The lowest BCUT2D eigenvalue weighted by Crippen LogP contribution is -2.33. The molecule has 0 radical (unpaired) electrons. The van der Waals surface area contributed by atoms with Crippen LogP contribution >= 0.6 is 11.8 Å². The number of thioether (sulfide) groups is 1. The Hall–Kier alpha value is -0.960. The predicted octanol–water partition coefficient (Wildman–Crippen LogP) is 3.36. The Bertz CT molecular complexity index is 400. The van der Waals surface area contributed by atoms with Gasteiger partial charge in [-0.25, -0.2) is 4.99 Å². The van der Waals surface area contributed by atoms with Gasteiger partial charge < -0.3 is 4.74 Å². The number of rotatable bonds is 4. The molecule has 0 unspecified atom stereocenters. The minimum absolute atomic E-state index is 0.180. The fourth-order valence-electron chi connectivity index (χ4n) is 2.00. The van der Waals surface area contributed by atoms with E-state index in [1.807, 2.05) is 42.1 Å². The third-order valence-corrected chi connectivity index (χ3v) is 3.70. The molecule has 0 N–H and O–H groups in total. The van der Waals surface area contributed by atoms with E-state index < -0.39 is 0 Å². The average molecular weight is 249 g/mol. The first-order valence-electron chi connectivity index (χ1n) is 5.94. The number of benzene rings is 1. The van der Waals surface area contributed by atoms with Gasteiger partial charge in [0.2, 0.25) is 5.90 Å². The molecule has 0 amide bonds. The van der Waals surface area contributed by atoms with Crippen molar-refractivity contribution in [3.05, 3.63) is 35.9 Å². The molecule has 0 bridgehead atoms. The van der Waals surface area contributed by atoms with Crippen LogP contribution in [0.3, 0.4) is 0 Å². The first-order valence-corrected chi connectivity index (χ1v) is 7.34. The van der Waals surface area contributed by atoms with E-state index in [0.29, 0.717) is 0 Å². The molecular formula is C14H19NOS. The standard InChI is InChI=1S/C14H19NOS/c1-14(2)12(9-10-17-3)15-13(16-14)11-7-5-4-6-8-11/h4-8,12H,9-10H2,1-3H3/t12-/m1/s1. The Morgan fingerprint density at radius 3 is 2.65 bits per heavy atom. The van der Waals surface area contributed by atoms with E-state index in [9.17, 15) is 0 Å². The minimum atomic E-state index is -0.180. The topological polar surface area (TPSA) is 21.6 Å². The van der Waals surface area contributed by atoms with Crippen LogP contribution in [-0.4, -0.2) is 29.5 Å². The van der Waals surface area contributed by atoms with Crippen LogP contribution in [0.25, 0.3) is 0 Å². The lowest BCUT2D eigenvalue weighted by molar-refractivity contribution is 0.0963. The van der Waals surface area contributed by atoms with E-state index >= 15 is 0 Å². The summed E-state index contributed by atoms with van der Waals surface area (Å²) in [6.07, 6.45) is 3.20. The summed E-state index contributed by atoms with van der Waals surface area (Å²) in [5.74, 6) is 1.92. The summed E-state index contributed by atoms with van der Waals surface area (Å²) in [4.78, 5) is 4.73. The zero-order valence-corrected chi connectivity index (χ0v) is 11.5. The Kier molecular flexibility index (Phi) is 3.77. The summed E-state index contributed by atoms with van der Waals surface area (Å²) < 4.78 is 5.99. The molecule has 0 fully saturated rings. The van der Waals surface area contributed by atoms with Gasteiger partial charge in [-0.1, -0.05) is 18.2 Å². The summed E-state index contributed by atoms with van der Waals surface area (Å²) in [7, 11) is 0. The second-order valence-corrected chi connectivity index (χ2v) is 5.79. The van der Waals surface area contributed by atoms with Gasteiger partial charge in [0.25, 0.3) is 0 Å². The Morgan fingerprint density at radius 1 is 1.29 bits per heavy atom. The second-order valence-electron chi connectivity index (χ2n) is 4.80. The molecule has 2 rings (SSSR count). The maximum absolute atomic E-state index is 5.99. The third kappa shape index (κ3) is 2.83. The maximum atomic E-state index is 5.99. The summed E-state index contributed by atoms with van der Waals surface area (Å²) in [6.45, 7) is 4.24. The largest absolute Gasteiger partial charge is 0.469 e. The fourth-order valence-corrected chi connectivity index (χ4v) is 2.46. The summed E-state index contributed by atoms with van der Waals surface area (Å²) >= 11 is 1.86. The SMILES string of the molecule is CSCC[C@H]1N=C(c2ccccc2)OC1(C)C. The minimum Gasteiger partial charge on any atom is -0.469 e. The van der Waals surface area contributed by atoms with Gasteiger partial charge in [-0.2, -0.15) is 11.8 Å². The van der Waals surface area contributed by atoms with Crippen molar-refractivity contribution in [2.45, 2.75) is 31.9 Å². The number of aliphatic imine (C=N–C) groups is 1. The molecule has 1 aromatic rings. The molecule has 1 aliphatic heterocycles. The molecule has 1 aliphatic rings. The van der Waals surface area contributed by atoms with E-state index in [1.54, 1.807) is 0 Å². The molecule has 0 saturated carbocycles. The monoisotopic (exact) mass is 249 g/mol. The highest BCUT2D eigenvalue weighted by molar-refractivity contribution is 7.98. The highest BCUT2D eigenvalue weighted by Crippen LogP contribution is 2.30. The van der Waals surface area contributed by atoms with E-state index in [1.165, 1.54) is 0 Å². The zero-order chi connectivity index (χ0) is 12.3. The van der Waals surface area contributed by atoms with Crippen molar-refractivity contribution in [1.82, 2.24) is 0 Å². The molecular weight excluding hydrogens is 230 g/mol. The number of nitrogens with zero attached hydrogens (tertiary/aromatic N) is 1. The molecule has 17 heavy (non-hydrogen) atoms. The average Bonchev–Trinajstić information content (AvgIpc) is 2.63. The first-order chi connectivity index (χ1) is 8.13. The molecule has 0 aromatic heterocycles. The molecule has 3 heteroatoms. The van der Waals surface area contributed by atoms with E-state index in [2.05, 4.69) is 20.1 Å². The number of ether oxygens (including phenoxy) is 1. The van der Waals surface area contributed by atoms with Gasteiger partial charge in [-0.3, -0.25) is 0 Å². The van der Waals surface area contributed by atoms with Crippen LogP contribution < -0.4 is 0 Å². The summed E-state index contributed by atoms with van der Waals surface area (Å²) in [6, 6.07) is 10.4. The van der Waals surface area contributed by atoms with Crippen LogP contribution in [-0.2, 0) is 4.74 Å². The summed E-state index contributed by atoms with van der Waals surface area (Å²) in [5.41, 5.74) is 0.896. The molecule has 0 spiro atoms. The van der Waals surface area contributed by atoms with Crippen LogP contribution in [0.4, 0.5) is 0 Å². The van der Waals surface area contributed by atoms with Gasteiger partial charge in [-0.05, 0) is 44.4 Å². The molecule has 1 atom stereocenters. The van der Waals surface area contributed by atoms with Crippen molar-refractivity contribution in [3.63, 3.8) is 0 Å². The van der Waals surface area contributed by atoms with Crippen molar-refractivity contribution in [2.75, 3.05) is 12.0 Å². The van der Waals surface area contributed by atoms with Gasteiger partial charge in [0.1, 0.15) is 5.60 Å². The van der Waals surface area contributed by atoms with E-state index in [0.717, 1.165) is 23.6 Å². The third-order valence-electron chi connectivity index (χ3n) is 3.05. The Labute approximate surface area is 107 Å². The van der Waals surface area contributed by atoms with Crippen molar-refractivity contribution in [1.29, 1.82) is 0 Å². The van der Waals surface area contributed by atoms with E-state index in [-0.39, 0.29) is 11.6 Å². The van der Waals surface area contributed by atoms with Crippen LogP contribution in [0.15, 0.2) is 35.3 Å². The predicted molar refractivity (Wildman–Crippen MR) is 74.9 cm³/mol. The highest BCUT2D eigenvalue weighted by Gasteiger charge is 2.38.